The molecule has 6 nitrogen and oxygen atoms in total. The maximum Gasteiger partial charge on any atom is 0.304 e. The molecule has 1 rings (SSSR count). The molecule has 2 N–H and O–H groups in total. The van der Waals surface area contributed by atoms with Crippen LogP contribution in [0.2, 0.25) is 0 Å². The average molecular weight is 278 g/mol. The molecule has 18 heavy (non-hydrogen) atoms. The highest BCUT2D eigenvalue weighted by molar-refractivity contribution is 7.89. The first-order valence-electron chi connectivity index (χ1n) is 6.35. The zero-order valence-corrected chi connectivity index (χ0v) is 11.7. The van der Waals surface area contributed by atoms with Gasteiger partial charge in [0.1, 0.15) is 0 Å². The third kappa shape index (κ3) is 3.93. The first-order chi connectivity index (χ1) is 8.40. The minimum absolute atomic E-state index is 0.0633. The van der Waals surface area contributed by atoms with Crippen LogP contribution in [0, 0.1) is 0 Å². The topological polar surface area (TPSA) is 86.7 Å². The van der Waals surface area contributed by atoms with Crippen LogP contribution in [0.3, 0.4) is 0 Å². The number of aliphatic carboxylic acids is 1. The number of piperazine rings is 1. The van der Waals surface area contributed by atoms with Gasteiger partial charge in [0.25, 0.3) is 0 Å². The smallest absolute Gasteiger partial charge is 0.304 e. The zero-order valence-electron chi connectivity index (χ0n) is 10.9. The molecule has 0 amide bonds. The van der Waals surface area contributed by atoms with Crippen molar-refractivity contribution in [2.24, 2.45) is 0 Å². The average Bonchev–Trinajstić information content (AvgIpc) is 2.35. The lowest BCUT2D eigenvalue weighted by Crippen LogP contribution is -2.58. The molecule has 0 radical (unpaired) electrons. The Morgan fingerprint density at radius 1 is 1.39 bits per heavy atom. The molecule has 106 valence electrons. The van der Waals surface area contributed by atoms with E-state index in [1.807, 2.05) is 13.8 Å². The summed E-state index contributed by atoms with van der Waals surface area (Å²) in [6, 6.07) is 0.0963. The summed E-state index contributed by atoms with van der Waals surface area (Å²) in [5.41, 5.74) is 0. The van der Waals surface area contributed by atoms with Gasteiger partial charge in [-0.25, -0.2) is 8.42 Å². The number of carbonyl (C=O) groups is 1. The summed E-state index contributed by atoms with van der Waals surface area (Å²) in [5.74, 6) is -1.39. The number of rotatable bonds is 6. The largest absolute Gasteiger partial charge is 0.481 e. The highest BCUT2D eigenvalue weighted by Crippen LogP contribution is 2.17. The molecule has 0 aromatic carbocycles. The third-order valence-corrected chi connectivity index (χ3v) is 5.23. The van der Waals surface area contributed by atoms with Crippen LogP contribution in [0.15, 0.2) is 0 Å². The molecule has 1 aliphatic rings. The second kappa shape index (κ2) is 6.49. The standard InChI is InChI=1S/C11H22N2O4S/c1-3-9-8-13(10(4-2)7-12-9)18(16,17)6-5-11(14)15/h9-10,12H,3-8H2,1-2H3,(H,14,15). The van der Waals surface area contributed by atoms with Crippen LogP contribution in [-0.4, -0.2) is 54.7 Å². The molecular formula is C11H22N2O4S. The van der Waals surface area contributed by atoms with Crippen LogP contribution < -0.4 is 5.32 Å². The van der Waals surface area contributed by atoms with E-state index < -0.39 is 16.0 Å². The van der Waals surface area contributed by atoms with E-state index in [-0.39, 0.29) is 24.3 Å². The molecule has 7 heteroatoms. The maximum atomic E-state index is 12.2. The lowest BCUT2D eigenvalue weighted by molar-refractivity contribution is -0.136. The number of nitrogens with one attached hydrogen (secondary N) is 1. The number of hydrogen-bond acceptors (Lipinski definition) is 4. The third-order valence-electron chi connectivity index (χ3n) is 3.34. The Morgan fingerprint density at radius 3 is 2.56 bits per heavy atom. The van der Waals surface area contributed by atoms with Gasteiger partial charge in [0.05, 0.1) is 12.2 Å². The summed E-state index contributed by atoms with van der Waals surface area (Å²) in [7, 11) is -3.47. The Hall–Kier alpha value is -0.660. The van der Waals surface area contributed by atoms with Crippen molar-refractivity contribution in [2.45, 2.75) is 45.2 Å². The summed E-state index contributed by atoms with van der Waals surface area (Å²) in [5, 5.41) is 11.9. The van der Waals surface area contributed by atoms with E-state index in [4.69, 9.17) is 5.11 Å². The monoisotopic (exact) mass is 278 g/mol. The number of carboxylic acids is 1. The predicted octanol–water partition coefficient (Wildman–Crippen LogP) is 0.253. The molecular weight excluding hydrogens is 256 g/mol. The lowest BCUT2D eigenvalue weighted by Gasteiger charge is -2.38. The lowest BCUT2D eigenvalue weighted by atomic mass is 10.1. The number of sulfonamides is 1. The molecule has 0 saturated carbocycles. The van der Waals surface area contributed by atoms with Gasteiger partial charge in [-0.15, -0.1) is 0 Å². The Bertz CT molecular complexity index is 383. The van der Waals surface area contributed by atoms with Crippen LogP contribution in [0.25, 0.3) is 0 Å². The second-order valence-electron chi connectivity index (χ2n) is 4.60. The highest BCUT2D eigenvalue weighted by Gasteiger charge is 2.34. The minimum Gasteiger partial charge on any atom is -0.481 e. The van der Waals surface area contributed by atoms with Crippen molar-refractivity contribution in [3.05, 3.63) is 0 Å². The molecule has 2 unspecified atom stereocenters. The Kier molecular flexibility index (Phi) is 5.55. The van der Waals surface area contributed by atoms with Gasteiger partial charge in [0.2, 0.25) is 10.0 Å². The van der Waals surface area contributed by atoms with Gasteiger partial charge in [-0.2, -0.15) is 4.31 Å². The molecule has 0 aromatic heterocycles. The Balaban J connectivity index is 2.77. The van der Waals surface area contributed by atoms with Gasteiger partial charge in [0.15, 0.2) is 0 Å². The fourth-order valence-electron chi connectivity index (χ4n) is 2.13. The van der Waals surface area contributed by atoms with Gasteiger partial charge in [-0.3, -0.25) is 4.79 Å². The molecule has 2 atom stereocenters. The van der Waals surface area contributed by atoms with Crippen molar-refractivity contribution in [3.8, 4) is 0 Å². The molecule has 1 saturated heterocycles. The van der Waals surface area contributed by atoms with Gasteiger partial charge >= 0.3 is 5.97 Å². The van der Waals surface area contributed by atoms with Gasteiger partial charge in [-0.05, 0) is 12.8 Å². The van der Waals surface area contributed by atoms with Crippen molar-refractivity contribution in [3.63, 3.8) is 0 Å². The van der Waals surface area contributed by atoms with Crippen LogP contribution in [0.4, 0.5) is 0 Å². The Labute approximate surface area is 108 Å². The van der Waals surface area contributed by atoms with E-state index in [9.17, 15) is 13.2 Å². The summed E-state index contributed by atoms with van der Waals surface area (Å²) in [6.07, 6.45) is 1.26. The molecule has 0 spiro atoms. The summed E-state index contributed by atoms with van der Waals surface area (Å²) >= 11 is 0. The van der Waals surface area contributed by atoms with Crippen molar-refractivity contribution in [1.82, 2.24) is 9.62 Å². The predicted molar refractivity (Wildman–Crippen MR) is 68.9 cm³/mol. The minimum atomic E-state index is -3.47. The highest BCUT2D eigenvalue weighted by atomic mass is 32.2. The van der Waals surface area contributed by atoms with Crippen LogP contribution in [0.5, 0.6) is 0 Å². The van der Waals surface area contributed by atoms with Gasteiger partial charge in [0, 0.05) is 25.2 Å². The molecule has 0 aromatic rings. The van der Waals surface area contributed by atoms with E-state index in [1.165, 1.54) is 4.31 Å². The van der Waals surface area contributed by atoms with E-state index >= 15 is 0 Å². The van der Waals surface area contributed by atoms with Crippen molar-refractivity contribution >= 4 is 16.0 Å². The normalized spacial score (nSPS) is 26.1. The van der Waals surface area contributed by atoms with E-state index in [1.54, 1.807) is 0 Å². The molecule has 0 aliphatic carbocycles. The summed E-state index contributed by atoms with van der Waals surface area (Å²) < 4.78 is 25.8. The zero-order chi connectivity index (χ0) is 13.8. The van der Waals surface area contributed by atoms with E-state index in [0.717, 1.165) is 12.8 Å². The number of carboxylic acid groups (broad SMARTS) is 1. The fraction of sp³-hybridized carbons (Fsp3) is 0.909. The molecule has 1 aliphatic heterocycles. The van der Waals surface area contributed by atoms with Crippen LogP contribution in [-0.2, 0) is 14.8 Å². The molecule has 1 heterocycles. The molecule has 1 fully saturated rings. The first-order valence-corrected chi connectivity index (χ1v) is 7.96. The summed E-state index contributed by atoms with van der Waals surface area (Å²) in [4.78, 5) is 10.5. The number of hydrogen-bond donors (Lipinski definition) is 2. The maximum absolute atomic E-state index is 12.2. The number of nitrogens with zero attached hydrogens (tertiary/aromatic N) is 1. The summed E-state index contributed by atoms with van der Waals surface area (Å²) in [6.45, 7) is 5.03. The quantitative estimate of drug-likeness (QED) is 0.727. The van der Waals surface area contributed by atoms with Gasteiger partial charge in [-0.1, -0.05) is 13.8 Å². The van der Waals surface area contributed by atoms with Crippen molar-refractivity contribution in [1.29, 1.82) is 0 Å². The fourth-order valence-corrected chi connectivity index (χ4v) is 3.88. The van der Waals surface area contributed by atoms with Crippen LogP contribution >= 0.6 is 0 Å². The van der Waals surface area contributed by atoms with E-state index in [0.29, 0.717) is 13.1 Å². The SMILES string of the molecule is CCC1CN(S(=O)(=O)CCC(=O)O)C(CC)CN1. The Morgan fingerprint density at radius 2 is 2.06 bits per heavy atom. The second-order valence-corrected chi connectivity index (χ2v) is 6.65. The van der Waals surface area contributed by atoms with Crippen molar-refractivity contribution in [2.75, 3.05) is 18.8 Å². The van der Waals surface area contributed by atoms with Crippen LogP contribution in [0.1, 0.15) is 33.1 Å². The van der Waals surface area contributed by atoms with Gasteiger partial charge < -0.3 is 10.4 Å². The van der Waals surface area contributed by atoms with Crippen molar-refractivity contribution < 1.29 is 18.3 Å². The molecule has 0 bridgehead atoms. The first kappa shape index (κ1) is 15.4. The van der Waals surface area contributed by atoms with E-state index in [2.05, 4.69) is 5.32 Å².